The summed E-state index contributed by atoms with van der Waals surface area (Å²) >= 11 is 0. The molecule has 7 heteroatoms. The molecule has 128 valence electrons. The molecular formula is C17H27B2N3O2. The maximum absolute atomic E-state index is 6.27. The van der Waals surface area contributed by atoms with Crippen LogP contribution >= 0.6 is 0 Å². The summed E-state index contributed by atoms with van der Waals surface area (Å²) < 4.78 is 14.7. The second-order valence-corrected chi connectivity index (χ2v) is 8.71. The maximum Gasteiger partial charge on any atom is 0.498 e. The Balaban J connectivity index is 1.55. The third-order valence-electron chi connectivity index (χ3n) is 6.25. The number of nitrogens with one attached hydrogen (secondary N) is 1. The molecule has 0 spiro atoms. The first-order chi connectivity index (χ1) is 11.3. The predicted octanol–water partition coefficient (Wildman–Crippen LogP) is 1.68. The van der Waals surface area contributed by atoms with Crippen LogP contribution in [-0.4, -0.2) is 42.6 Å². The fourth-order valence-corrected chi connectivity index (χ4v) is 3.68. The van der Waals surface area contributed by atoms with Gasteiger partial charge in [-0.25, -0.2) is 0 Å². The average Bonchev–Trinajstić information content (AvgIpc) is 3.15. The smallest absolute Gasteiger partial charge is 0.399 e. The molecule has 24 heavy (non-hydrogen) atoms. The van der Waals surface area contributed by atoms with Crippen LogP contribution in [0.3, 0.4) is 0 Å². The minimum atomic E-state index is -0.311. The number of aromatic nitrogens is 2. The zero-order chi connectivity index (χ0) is 17.1. The first-order valence-corrected chi connectivity index (χ1v) is 9.19. The topological polar surface area (TPSA) is 48.3 Å². The van der Waals surface area contributed by atoms with Crippen LogP contribution in [0.25, 0.3) is 0 Å². The fourth-order valence-electron chi connectivity index (χ4n) is 3.68. The van der Waals surface area contributed by atoms with Crippen molar-refractivity contribution in [3.05, 3.63) is 11.9 Å². The summed E-state index contributed by atoms with van der Waals surface area (Å²) in [5, 5.41) is 7.71. The van der Waals surface area contributed by atoms with E-state index in [1.54, 1.807) is 0 Å². The van der Waals surface area contributed by atoms with Crippen molar-refractivity contribution in [3.8, 4) is 0 Å². The summed E-state index contributed by atoms with van der Waals surface area (Å²) in [5.74, 6) is 1.25. The number of hydrogen-bond acceptors (Lipinski definition) is 4. The highest BCUT2D eigenvalue weighted by Gasteiger charge is 2.53. The minimum Gasteiger partial charge on any atom is -0.399 e. The van der Waals surface area contributed by atoms with E-state index in [2.05, 4.69) is 43.8 Å². The van der Waals surface area contributed by atoms with Crippen LogP contribution in [0.1, 0.15) is 71.0 Å². The van der Waals surface area contributed by atoms with Crippen molar-refractivity contribution < 1.29 is 9.31 Å². The molecule has 1 aromatic heterocycles. The van der Waals surface area contributed by atoms with Crippen LogP contribution in [0.2, 0.25) is 0 Å². The van der Waals surface area contributed by atoms with E-state index in [0.717, 1.165) is 24.8 Å². The first-order valence-electron chi connectivity index (χ1n) is 9.19. The third kappa shape index (κ3) is 2.74. The molecule has 5 nitrogen and oxygen atoms in total. The zero-order valence-electron chi connectivity index (χ0n) is 15.2. The van der Waals surface area contributed by atoms with E-state index in [-0.39, 0.29) is 18.3 Å². The molecule has 1 aliphatic heterocycles. The van der Waals surface area contributed by atoms with Gasteiger partial charge in [-0.3, -0.25) is 4.68 Å². The summed E-state index contributed by atoms with van der Waals surface area (Å²) in [5.41, 5.74) is 1.70. The van der Waals surface area contributed by atoms with Crippen molar-refractivity contribution in [2.75, 3.05) is 6.54 Å². The summed E-state index contributed by atoms with van der Waals surface area (Å²) in [6, 6.07) is 0.483. The molecular weight excluding hydrogens is 300 g/mol. The largest absolute Gasteiger partial charge is 0.498 e. The minimum absolute atomic E-state index is 0.305. The molecule has 0 bridgehead atoms. The highest BCUT2D eigenvalue weighted by atomic mass is 16.7. The van der Waals surface area contributed by atoms with Gasteiger partial charge >= 0.3 is 7.12 Å². The van der Waals surface area contributed by atoms with Crippen molar-refractivity contribution in [2.24, 2.45) is 5.92 Å². The second-order valence-electron chi connectivity index (χ2n) is 8.71. The number of rotatable bonds is 5. The molecule has 3 aliphatic rings. The van der Waals surface area contributed by atoms with E-state index in [0.29, 0.717) is 17.9 Å². The zero-order valence-corrected chi connectivity index (χ0v) is 15.2. The molecule has 2 saturated carbocycles. The van der Waals surface area contributed by atoms with Gasteiger partial charge in [0.2, 0.25) is 0 Å². The van der Waals surface area contributed by atoms with Crippen LogP contribution in [0, 0.1) is 5.92 Å². The predicted molar refractivity (Wildman–Crippen MR) is 95.4 cm³/mol. The van der Waals surface area contributed by atoms with Crippen molar-refractivity contribution in [2.45, 2.75) is 76.5 Å². The fraction of sp³-hybridized carbons (Fsp3) is 0.824. The quantitative estimate of drug-likeness (QED) is 0.836. The standard InChI is InChI=1S/C17H27B2N3O2/c1-16(2)17(3,4)24-19(23-16)14-10-22(21-15(14)12-5-6-12)13-7-11(8-13)9-20-18/h10-13,20H,5-9H2,1-4H3. The molecule has 1 aromatic rings. The Morgan fingerprint density at radius 2 is 1.88 bits per heavy atom. The Hall–Kier alpha value is -0.780. The summed E-state index contributed by atoms with van der Waals surface area (Å²) in [6.07, 6.45) is 6.91. The van der Waals surface area contributed by atoms with Crippen molar-refractivity contribution in [3.63, 3.8) is 0 Å². The normalized spacial score (nSPS) is 31.2. The van der Waals surface area contributed by atoms with Crippen LogP contribution in [0.4, 0.5) is 0 Å². The summed E-state index contributed by atoms with van der Waals surface area (Å²) in [4.78, 5) is 0. The van der Waals surface area contributed by atoms with Gasteiger partial charge in [0.1, 0.15) is 0 Å². The van der Waals surface area contributed by atoms with Crippen LogP contribution in [0.15, 0.2) is 6.20 Å². The van der Waals surface area contributed by atoms with Gasteiger partial charge in [-0.15, -0.1) is 0 Å². The van der Waals surface area contributed by atoms with Crippen molar-refractivity contribution in [1.29, 1.82) is 0 Å². The van der Waals surface area contributed by atoms with E-state index in [1.807, 2.05) is 0 Å². The van der Waals surface area contributed by atoms with Gasteiger partial charge in [-0.1, -0.05) is 0 Å². The molecule has 1 N–H and O–H groups in total. The third-order valence-corrected chi connectivity index (χ3v) is 6.25. The van der Waals surface area contributed by atoms with Crippen molar-refractivity contribution >= 4 is 20.6 Å². The van der Waals surface area contributed by atoms with E-state index >= 15 is 0 Å². The van der Waals surface area contributed by atoms with Gasteiger partial charge < -0.3 is 14.5 Å². The SMILES string of the molecule is [B]NCC1CC(n2cc(B3OC(C)(C)C(C)(C)O3)c(C3CC3)n2)C1. The summed E-state index contributed by atoms with van der Waals surface area (Å²) in [6.45, 7) is 9.29. The highest BCUT2D eigenvalue weighted by molar-refractivity contribution is 6.62. The Bertz CT molecular complexity index is 605. The average molecular weight is 327 g/mol. The summed E-state index contributed by atoms with van der Waals surface area (Å²) in [7, 11) is 5.12. The molecule has 4 rings (SSSR count). The highest BCUT2D eigenvalue weighted by Crippen LogP contribution is 2.43. The van der Waals surface area contributed by atoms with Gasteiger partial charge in [0.15, 0.2) is 7.98 Å². The molecule has 0 aromatic carbocycles. The van der Waals surface area contributed by atoms with E-state index in [9.17, 15) is 0 Å². The lowest BCUT2D eigenvalue weighted by atomic mass is 9.77. The monoisotopic (exact) mass is 327 g/mol. The van der Waals surface area contributed by atoms with Crippen LogP contribution in [-0.2, 0) is 9.31 Å². The lowest BCUT2D eigenvalue weighted by Crippen LogP contribution is -2.41. The van der Waals surface area contributed by atoms with E-state index in [1.165, 1.54) is 18.5 Å². The van der Waals surface area contributed by atoms with Gasteiger partial charge in [0.25, 0.3) is 0 Å². The molecule has 1 saturated heterocycles. The number of nitrogens with zero attached hydrogens (tertiary/aromatic N) is 2. The lowest BCUT2D eigenvalue weighted by molar-refractivity contribution is 0.00578. The molecule has 2 radical (unpaired) electrons. The van der Waals surface area contributed by atoms with Crippen LogP contribution < -0.4 is 10.7 Å². The Morgan fingerprint density at radius 1 is 1.25 bits per heavy atom. The van der Waals surface area contributed by atoms with Crippen molar-refractivity contribution in [1.82, 2.24) is 15.0 Å². The van der Waals surface area contributed by atoms with E-state index in [4.69, 9.17) is 22.4 Å². The molecule has 2 heterocycles. The van der Waals surface area contributed by atoms with E-state index < -0.39 is 0 Å². The second kappa shape index (κ2) is 5.61. The molecule has 0 atom stereocenters. The first kappa shape index (κ1) is 16.7. The van der Waals surface area contributed by atoms with Gasteiger partial charge in [0, 0.05) is 17.6 Å². The molecule has 0 amide bonds. The van der Waals surface area contributed by atoms with Gasteiger partial charge in [0.05, 0.1) is 22.9 Å². The molecule has 2 aliphatic carbocycles. The maximum atomic E-state index is 6.27. The van der Waals surface area contributed by atoms with Gasteiger partial charge in [-0.05, 0) is 65.8 Å². The lowest BCUT2D eigenvalue weighted by Gasteiger charge is -2.35. The van der Waals surface area contributed by atoms with Gasteiger partial charge in [-0.2, -0.15) is 5.10 Å². The number of hydrogen-bond donors (Lipinski definition) is 1. The van der Waals surface area contributed by atoms with Crippen LogP contribution in [0.5, 0.6) is 0 Å². The Morgan fingerprint density at radius 3 is 2.42 bits per heavy atom. The molecule has 3 fully saturated rings. The Kier molecular flexibility index (Phi) is 3.90. The Labute approximate surface area is 146 Å². The molecule has 0 unspecified atom stereocenters.